The Morgan fingerprint density at radius 1 is 1.29 bits per heavy atom. The van der Waals surface area contributed by atoms with Crippen LogP contribution in [0.4, 0.5) is 0 Å². The molecule has 1 N–H and O–H groups in total. The average Bonchev–Trinajstić information content (AvgIpc) is 2.78. The van der Waals surface area contributed by atoms with Gasteiger partial charge in [0.05, 0.1) is 7.11 Å². The van der Waals surface area contributed by atoms with E-state index in [1.54, 1.807) is 7.11 Å². The molecule has 1 aromatic carbocycles. The molecule has 2 nitrogen and oxygen atoms in total. The normalized spacial score (nSPS) is 12.4. The van der Waals surface area contributed by atoms with Crippen LogP contribution in [-0.4, -0.2) is 13.7 Å². The predicted octanol–water partition coefficient (Wildman–Crippen LogP) is 5.03. The lowest BCUT2D eigenvalue weighted by Crippen LogP contribution is -2.22. The molecule has 0 spiro atoms. The SMILES string of the molecule is CCNC(Cc1cc(Br)ccc1OC)c1cc(C)c(C)s1. The van der Waals surface area contributed by atoms with Gasteiger partial charge in [0.15, 0.2) is 0 Å². The number of likely N-dealkylation sites (N-methyl/N-ethyl adjacent to an activating group) is 1. The third-order valence-corrected chi connectivity index (χ3v) is 5.40. The van der Waals surface area contributed by atoms with Crippen molar-refractivity contribution in [2.24, 2.45) is 0 Å². The van der Waals surface area contributed by atoms with Crippen molar-refractivity contribution in [3.63, 3.8) is 0 Å². The molecule has 1 atom stereocenters. The van der Waals surface area contributed by atoms with Crippen LogP contribution in [0.25, 0.3) is 0 Å². The van der Waals surface area contributed by atoms with Crippen molar-refractivity contribution in [1.29, 1.82) is 0 Å². The smallest absolute Gasteiger partial charge is 0.122 e. The van der Waals surface area contributed by atoms with Gasteiger partial charge in [0.25, 0.3) is 0 Å². The molecule has 21 heavy (non-hydrogen) atoms. The summed E-state index contributed by atoms with van der Waals surface area (Å²) in [6, 6.07) is 8.82. The summed E-state index contributed by atoms with van der Waals surface area (Å²) in [6.07, 6.45) is 0.926. The second-order valence-electron chi connectivity index (χ2n) is 5.16. The van der Waals surface area contributed by atoms with Crippen molar-refractivity contribution in [2.75, 3.05) is 13.7 Å². The first-order valence-corrected chi connectivity index (χ1v) is 8.78. The van der Waals surface area contributed by atoms with Gasteiger partial charge in [-0.2, -0.15) is 0 Å². The molecule has 1 aromatic heterocycles. The molecule has 0 saturated heterocycles. The van der Waals surface area contributed by atoms with Crippen LogP contribution in [0.3, 0.4) is 0 Å². The summed E-state index contributed by atoms with van der Waals surface area (Å²) in [5.41, 5.74) is 2.60. The van der Waals surface area contributed by atoms with Gasteiger partial charge in [-0.15, -0.1) is 11.3 Å². The first kappa shape index (κ1) is 16.5. The van der Waals surface area contributed by atoms with Gasteiger partial charge in [-0.25, -0.2) is 0 Å². The number of benzene rings is 1. The molecule has 0 amide bonds. The highest BCUT2D eigenvalue weighted by Crippen LogP contribution is 2.32. The van der Waals surface area contributed by atoms with E-state index in [9.17, 15) is 0 Å². The summed E-state index contributed by atoms with van der Waals surface area (Å²) in [5, 5.41) is 3.60. The van der Waals surface area contributed by atoms with Gasteiger partial charge in [-0.3, -0.25) is 0 Å². The summed E-state index contributed by atoms with van der Waals surface area (Å²) in [5.74, 6) is 0.950. The summed E-state index contributed by atoms with van der Waals surface area (Å²) < 4.78 is 6.59. The minimum Gasteiger partial charge on any atom is -0.496 e. The second-order valence-corrected chi connectivity index (χ2v) is 7.36. The third kappa shape index (κ3) is 4.09. The lowest BCUT2D eigenvalue weighted by molar-refractivity contribution is 0.406. The summed E-state index contributed by atoms with van der Waals surface area (Å²) in [4.78, 5) is 2.79. The highest BCUT2D eigenvalue weighted by Gasteiger charge is 2.17. The topological polar surface area (TPSA) is 21.3 Å². The van der Waals surface area contributed by atoms with Crippen LogP contribution < -0.4 is 10.1 Å². The van der Waals surface area contributed by atoms with Gasteiger partial charge in [-0.05, 0) is 62.2 Å². The van der Waals surface area contributed by atoms with Crippen molar-refractivity contribution < 1.29 is 4.74 Å². The van der Waals surface area contributed by atoms with E-state index in [2.05, 4.69) is 54.2 Å². The fourth-order valence-electron chi connectivity index (χ4n) is 2.42. The molecule has 0 aliphatic heterocycles. The number of thiophene rings is 1. The third-order valence-electron chi connectivity index (χ3n) is 3.65. The predicted molar refractivity (Wildman–Crippen MR) is 94.6 cm³/mol. The molecule has 1 heterocycles. The first-order chi connectivity index (χ1) is 10.0. The number of aryl methyl sites for hydroxylation is 2. The molecule has 2 rings (SSSR count). The number of hydrogen-bond donors (Lipinski definition) is 1. The fourth-order valence-corrected chi connectivity index (χ4v) is 3.95. The maximum absolute atomic E-state index is 5.50. The van der Waals surface area contributed by atoms with E-state index in [4.69, 9.17) is 4.74 Å². The summed E-state index contributed by atoms with van der Waals surface area (Å²) in [6.45, 7) is 7.47. The molecule has 0 radical (unpaired) electrons. The number of halogens is 1. The minimum atomic E-state index is 0.329. The largest absolute Gasteiger partial charge is 0.496 e. The molecule has 2 aromatic rings. The summed E-state index contributed by atoms with van der Waals surface area (Å²) in [7, 11) is 1.73. The van der Waals surface area contributed by atoms with Crippen LogP contribution >= 0.6 is 27.3 Å². The maximum Gasteiger partial charge on any atom is 0.122 e. The average molecular weight is 368 g/mol. The van der Waals surface area contributed by atoms with E-state index in [0.29, 0.717) is 6.04 Å². The van der Waals surface area contributed by atoms with Crippen molar-refractivity contribution in [2.45, 2.75) is 33.2 Å². The van der Waals surface area contributed by atoms with Gasteiger partial charge >= 0.3 is 0 Å². The van der Waals surface area contributed by atoms with E-state index in [1.165, 1.54) is 20.9 Å². The molecule has 0 saturated carbocycles. The van der Waals surface area contributed by atoms with E-state index in [-0.39, 0.29) is 0 Å². The highest BCUT2D eigenvalue weighted by atomic mass is 79.9. The number of nitrogens with one attached hydrogen (secondary N) is 1. The number of rotatable bonds is 6. The molecule has 0 aliphatic carbocycles. The Labute approximate surface area is 139 Å². The number of ether oxygens (including phenoxy) is 1. The number of methoxy groups -OCH3 is 1. The van der Waals surface area contributed by atoms with Crippen LogP contribution in [0.15, 0.2) is 28.7 Å². The Bertz CT molecular complexity index is 589. The van der Waals surface area contributed by atoms with Gasteiger partial charge in [0.2, 0.25) is 0 Å². The van der Waals surface area contributed by atoms with Crippen LogP contribution in [0.5, 0.6) is 5.75 Å². The molecule has 4 heteroatoms. The molecule has 1 unspecified atom stereocenters. The van der Waals surface area contributed by atoms with Crippen LogP contribution in [0.2, 0.25) is 0 Å². The zero-order valence-corrected chi connectivity index (χ0v) is 15.4. The summed E-state index contributed by atoms with van der Waals surface area (Å²) >= 11 is 5.44. The molecule has 114 valence electrons. The molecular formula is C17H22BrNOS. The van der Waals surface area contributed by atoms with E-state index in [0.717, 1.165) is 23.2 Å². The zero-order valence-electron chi connectivity index (χ0n) is 13.0. The van der Waals surface area contributed by atoms with Crippen LogP contribution in [0.1, 0.15) is 33.8 Å². The van der Waals surface area contributed by atoms with Gasteiger partial charge in [0.1, 0.15) is 5.75 Å². The number of hydrogen-bond acceptors (Lipinski definition) is 3. The lowest BCUT2D eigenvalue weighted by Gasteiger charge is -2.18. The Morgan fingerprint density at radius 2 is 2.05 bits per heavy atom. The van der Waals surface area contributed by atoms with Crippen molar-refractivity contribution in [1.82, 2.24) is 5.32 Å². The van der Waals surface area contributed by atoms with Crippen molar-refractivity contribution in [3.05, 3.63) is 49.6 Å². The monoisotopic (exact) mass is 367 g/mol. The Morgan fingerprint density at radius 3 is 2.62 bits per heavy atom. The van der Waals surface area contributed by atoms with E-state index >= 15 is 0 Å². The Hall–Kier alpha value is -0.840. The minimum absolute atomic E-state index is 0.329. The van der Waals surface area contributed by atoms with Crippen LogP contribution in [0, 0.1) is 13.8 Å². The maximum atomic E-state index is 5.50. The van der Waals surface area contributed by atoms with E-state index < -0.39 is 0 Å². The second kappa shape index (κ2) is 7.43. The molecule has 0 bridgehead atoms. The zero-order chi connectivity index (χ0) is 15.4. The van der Waals surface area contributed by atoms with Crippen molar-refractivity contribution >= 4 is 27.3 Å². The molecule has 0 aliphatic rings. The highest BCUT2D eigenvalue weighted by molar-refractivity contribution is 9.10. The molecular weight excluding hydrogens is 346 g/mol. The Kier molecular flexibility index (Phi) is 5.85. The standard InChI is InChI=1S/C17H22BrNOS/c1-5-19-15(17-8-11(2)12(3)21-17)10-13-9-14(18)6-7-16(13)20-4/h6-9,15,19H,5,10H2,1-4H3. The van der Waals surface area contributed by atoms with E-state index in [1.807, 2.05) is 23.5 Å². The molecule has 0 fully saturated rings. The van der Waals surface area contributed by atoms with Crippen molar-refractivity contribution in [3.8, 4) is 5.75 Å². The Balaban J connectivity index is 2.29. The van der Waals surface area contributed by atoms with Gasteiger partial charge < -0.3 is 10.1 Å². The quantitative estimate of drug-likeness (QED) is 0.772. The van der Waals surface area contributed by atoms with Gasteiger partial charge in [0, 0.05) is 20.3 Å². The lowest BCUT2D eigenvalue weighted by atomic mass is 10.0. The van der Waals surface area contributed by atoms with Crippen LogP contribution in [-0.2, 0) is 6.42 Å². The first-order valence-electron chi connectivity index (χ1n) is 7.17. The van der Waals surface area contributed by atoms with Gasteiger partial charge in [-0.1, -0.05) is 22.9 Å². The fraction of sp³-hybridized carbons (Fsp3) is 0.412.